The highest BCUT2D eigenvalue weighted by molar-refractivity contribution is 7.15. The molecule has 1 heterocycles. The second kappa shape index (κ2) is 7.59. The molecule has 2 atom stereocenters. The number of amides is 2. The van der Waals surface area contributed by atoms with E-state index in [-0.39, 0.29) is 24.6 Å². The average molecular weight is 297 g/mol. The lowest BCUT2D eigenvalue weighted by Crippen LogP contribution is -2.43. The minimum atomic E-state index is -0.215. The highest BCUT2D eigenvalue weighted by Crippen LogP contribution is 2.23. The van der Waals surface area contributed by atoms with Crippen LogP contribution in [0.5, 0.6) is 0 Å². The van der Waals surface area contributed by atoms with Gasteiger partial charge in [-0.2, -0.15) is 0 Å². The van der Waals surface area contributed by atoms with Gasteiger partial charge in [0.2, 0.25) is 0 Å². The van der Waals surface area contributed by atoms with Gasteiger partial charge in [-0.25, -0.2) is 9.78 Å². The third-order valence-corrected chi connectivity index (χ3v) is 4.89. The summed E-state index contributed by atoms with van der Waals surface area (Å²) in [5.41, 5.74) is 0. The molecular weight excluding hydrogens is 274 g/mol. The third-order valence-electron chi connectivity index (χ3n) is 3.83. The van der Waals surface area contributed by atoms with E-state index in [4.69, 9.17) is 0 Å². The van der Waals surface area contributed by atoms with Crippen LogP contribution in [0.3, 0.4) is 0 Å². The van der Waals surface area contributed by atoms with Crippen LogP contribution >= 0.6 is 11.3 Å². The molecule has 112 valence electrons. The molecule has 2 rings (SSSR count). The van der Waals surface area contributed by atoms with Gasteiger partial charge < -0.3 is 10.4 Å². The van der Waals surface area contributed by atoms with Crippen molar-refractivity contribution >= 4 is 22.5 Å². The lowest BCUT2D eigenvalue weighted by atomic mass is 9.96. The summed E-state index contributed by atoms with van der Waals surface area (Å²) < 4.78 is 0. The van der Waals surface area contributed by atoms with Gasteiger partial charge >= 0.3 is 6.03 Å². The zero-order chi connectivity index (χ0) is 14.4. The van der Waals surface area contributed by atoms with E-state index >= 15 is 0 Å². The Hall–Kier alpha value is -1.14. The average Bonchev–Trinajstić information content (AvgIpc) is 2.77. The van der Waals surface area contributed by atoms with Crippen LogP contribution in [0.1, 0.15) is 43.9 Å². The predicted molar refractivity (Wildman–Crippen MR) is 81.1 cm³/mol. The molecule has 20 heavy (non-hydrogen) atoms. The van der Waals surface area contributed by atoms with Crippen LogP contribution in [0, 0.1) is 5.92 Å². The van der Waals surface area contributed by atoms with Crippen molar-refractivity contribution in [3.05, 3.63) is 11.1 Å². The molecule has 3 N–H and O–H groups in total. The summed E-state index contributed by atoms with van der Waals surface area (Å²) in [7, 11) is 0. The zero-order valence-electron chi connectivity index (χ0n) is 11.9. The minimum absolute atomic E-state index is 0.0631. The first kappa shape index (κ1) is 15.3. The number of urea groups is 1. The Morgan fingerprint density at radius 2 is 2.25 bits per heavy atom. The summed E-state index contributed by atoms with van der Waals surface area (Å²) in [5, 5.41) is 15.9. The fraction of sp³-hybridized carbons (Fsp3) is 0.714. The monoisotopic (exact) mass is 297 g/mol. The second-order valence-corrected chi connectivity index (χ2v) is 6.39. The van der Waals surface area contributed by atoms with E-state index in [9.17, 15) is 9.90 Å². The molecule has 1 fully saturated rings. The molecule has 2 amide bonds. The minimum Gasteiger partial charge on any atom is -0.396 e. The van der Waals surface area contributed by atoms with E-state index in [2.05, 4.69) is 22.5 Å². The molecule has 1 aliphatic carbocycles. The van der Waals surface area contributed by atoms with E-state index in [0.29, 0.717) is 5.13 Å². The molecule has 0 aromatic carbocycles. The van der Waals surface area contributed by atoms with E-state index in [0.717, 1.165) is 37.0 Å². The summed E-state index contributed by atoms with van der Waals surface area (Å²) in [5.74, 6) is 0.172. The fourth-order valence-electron chi connectivity index (χ4n) is 2.62. The molecule has 0 radical (unpaired) electrons. The van der Waals surface area contributed by atoms with Crippen LogP contribution in [0.4, 0.5) is 9.93 Å². The summed E-state index contributed by atoms with van der Waals surface area (Å²) in [6.07, 6.45) is 8.08. The predicted octanol–water partition coefficient (Wildman–Crippen LogP) is 2.77. The van der Waals surface area contributed by atoms with Crippen LogP contribution in [0.25, 0.3) is 0 Å². The van der Waals surface area contributed by atoms with Crippen LogP contribution in [0.2, 0.25) is 0 Å². The first-order valence-corrected chi connectivity index (χ1v) is 8.17. The molecule has 1 aromatic heterocycles. The Labute approximate surface area is 123 Å². The Morgan fingerprint density at radius 1 is 1.45 bits per heavy atom. The highest BCUT2D eigenvalue weighted by Gasteiger charge is 2.24. The number of thiazole rings is 1. The van der Waals surface area contributed by atoms with Gasteiger partial charge in [-0.05, 0) is 19.3 Å². The van der Waals surface area contributed by atoms with Crippen LogP contribution in [-0.2, 0) is 6.42 Å². The Bertz CT molecular complexity index is 436. The molecule has 0 aliphatic heterocycles. The number of aliphatic hydroxyl groups excluding tert-OH is 1. The summed E-state index contributed by atoms with van der Waals surface area (Å²) >= 11 is 1.50. The summed E-state index contributed by atoms with van der Waals surface area (Å²) in [4.78, 5) is 17.3. The Morgan fingerprint density at radius 3 is 2.95 bits per heavy atom. The maximum absolute atomic E-state index is 12.0. The smallest absolute Gasteiger partial charge is 0.321 e. The quantitative estimate of drug-likeness (QED) is 0.748. The molecule has 5 nitrogen and oxygen atoms in total. The van der Waals surface area contributed by atoms with Crippen molar-refractivity contribution in [1.82, 2.24) is 10.3 Å². The fourth-order valence-corrected chi connectivity index (χ4v) is 3.37. The van der Waals surface area contributed by atoms with Gasteiger partial charge in [0.05, 0.1) is 0 Å². The van der Waals surface area contributed by atoms with Crippen LogP contribution in [-0.4, -0.2) is 28.8 Å². The van der Waals surface area contributed by atoms with Gasteiger partial charge in [-0.3, -0.25) is 5.32 Å². The standard InChI is InChI=1S/C14H23N3O2S/c1-2-11-8-15-14(20-11)17-13(19)16-12-7-5-3-4-6-10(12)9-18/h8,10,12,18H,2-7,9H2,1H3,(H2,15,16,17,19). The number of hydrogen-bond donors (Lipinski definition) is 3. The Kier molecular flexibility index (Phi) is 5.79. The van der Waals surface area contributed by atoms with Crippen molar-refractivity contribution in [3.8, 4) is 0 Å². The van der Waals surface area contributed by atoms with E-state index in [1.165, 1.54) is 17.8 Å². The summed E-state index contributed by atoms with van der Waals surface area (Å²) in [6, 6.07) is -0.152. The van der Waals surface area contributed by atoms with Crippen molar-refractivity contribution in [1.29, 1.82) is 0 Å². The SMILES string of the molecule is CCc1cnc(NC(=O)NC2CCCCCC2CO)s1. The molecule has 0 bridgehead atoms. The Balaban J connectivity index is 1.88. The van der Waals surface area contributed by atoms with Gasteiger partial charge in [0.15, 0.2) is 5.13 Å². The molecule has 0 spiro atoms. The van der Waals surface area contributed by atoms with Gasteiger partial charge in [0.1, 0.15) is 0 Å². The number of nitrogens with zero attached hydrogens (tertiary/aromatic N) is 1. The van der Waals surface area contributed by atoms with Crippen molar-refractivity contribution in [2.45, 2.75) is 51.5 Å². The van der Waals surface area contributed by atoms with Crippen molar-refractivity contribution < 1.29 is 9.90 Å². The topological polar surface area (TPSA) is 74.2 Å². The van der Waals surface area contributed by atoms with Gasteiger partial charge in [-0.1, -0.05) is 26.2 Å². The van der Waals surface area contributed by atoms with Crippen LogP contribution < -0.4 is 10.6 Å². The first-order valence-electron chi connectivity index (χ1n) is 7.36. The maximum Gasteiger partial charge on any atom is 0.321 e. The number of rotatable bonds is 4. The molecule has 1 aromatic rings. The maximum atomic E-state index is 12.0. The van der Waals surface area contributed by atoms with Crippen molar-refractivity contribution in [3.63, 3.8) is 0 Å². The number of aromatic nitrogens is 1. The lowest BCUT2D eigenvalue weighted by Gasteiger charge is -2.24. The molecular formula is C14H23N3O2S. The molecule has 1 aliphatic rings. The number of anilines is 1. The lowest BCUT2D eigenvalue weighted by molar-refractivity contribution is 0.182. The normalized spacial score (nSPS) is 23.1. The van der Waals surface area contributed by atoms with Gasteiger partial charge in [0.25, 0.3) is 0 Å². The first-order chi connectivity index (χ1) is 9.72. The number of nitrogens with one attached hydrogen (secondary N) is 2. The van der Waals surface area contributed by atoms with Crippen LogP contribution in [0.15, 0.2) is 6.20 Å². The number of carbonyl (C=O) groups is 1. The molecule has 1 saturated carbocycles. The third kappa shape index (κ3) is 4.18. The van der Waals surface area contributed by atoms with Crippen molar-refractivity contribution in [2.75, 3.05) is 11.9 Å². The zero-order valence-corrected chi connectivity index (χ0v) is 12.7. The number of aliphatic hydroxyl groups is 1. The van der Waals surface area contributed by atoms with E-state index in [1.54, 1.807) is 6.20 Å². The molecule has 2 unspecified atom stereocenters. The number of carbonyl (C=O) groups excluding carboxylic acids is 1. The van der Waals surface area contributed by atoms with Gasteiger partial charge in [-0.15, -0.1) is 11.3 Å². The highest BCUT2D eigenvalue weighted by atomic mass is 32.1. The summed E-state index contributed by atoms with van der Waals surface area (Å²) in [6.45, 7) is 2.21. The number of aryl methyl sites for hydroxylation is 1. The molecule has 0 saturated heterocycles. The van der Waals surface area contributed by atoms with E-state index in [1.807, 2.05) is 0 Å². The van der Waals surface area contributed by atoms with Crippen molar-refractivity contribution in [2.24, 2.45) is 5.92 Å². The largest absolute Gasteiger partial charge is 0.396 e. The second-order valence-electron chi connectivity index (χ2n) is 5.27. The van der Waals surface area contributed by atoms with Gasteiger partial charge in [0, 0.05) is 29.6 Å². The number of hydrogen-bond acceptors (Lipinski definition) is 4. The molecule has 6 heteroatoms. The van der Waals surface area contributed by atoms with E-state index < -0.39 is 0 Å².